The Morgan fingerprint density at radius 2 is 2.03 bits per heavy atom. The SMILES string of the molecule is CC#CC[C@@H](C)[C@@H](O)/C=C/[C@@H]1[C@H]2c3cccc(CCCCN4CCCCC4)c3O[C@H]2C[C@H]1O. The van der Waals surface area contributed by atoms with Crippen molar-refractivity contribution in [1.29, 1.82) is 0 Å². The Hall–Kier alpha value is -1.80. The van der Waals surface area contributed by atoms with Crippen molar-refractivity contribution in [1.82, 2.24) is 4.90 Å². The largest absolute Gasteiger partial charge is 0.489 e. The van der Waals surface area contributed by atoms with Crippen molar-refractivity contribution in [2.45, 2.75) is 89.4 Å². The van der Waals surface area contributed by atoms with Crippen LogP contribution in [0.3, 0.4) is 0 Å². The Morgan fingerprint density at radius 3 is 2.82 bits per heavy atom. The van der Waals surface area contributed by atoms with E-state index in [4.69, 9.17) is 4.74 Å². The first kappa shape index (κ1) is 24.3. The van der Waals surface area contributed by atoms with E-state index in [9.17, 15) is 10.2 Å². The van der Waals surface area contributed by atoms with Crippen LogP contribution in [-0.2, 0) is 6.42 Å². The minimum atomic E-state index is -0.551. The molecule has 1 aromatic rings. The number of aliphatic hydroxyl groups excluding tert-OH is 2. The van der Waals surface area contributed by atoms with Gasteiger partial charge in [0.05, 0.1) is 12.2 Å². The monoisotopic (exact) mass is 451 g/mol. The molecule has 2 heterocycles. The van der Waals surface area contributed by atoms with Gasteiger partial charge in [0.15, 0.2) is 0 Å². The molecule has 4 rings (SSSR count). The first-order valence-corrected chi connectivity index (χ1v) is 13.0. The number of nitrogens with zero attached hydrogens (tertiary/aromatic N) is 1. The van der Waals surface area contributed by atoms with E-state index in [0.717, 1.165) is 12.2 Å². The number of ether oxygens (including phenoxy) is 1. The molecule has 0 bridgehead atoms. The molecule has 4 heteroatoms. The van der Waals surface area contributed by atoms with Gasteiger partial charge in [0.2, 0.25) is 0 Å². The van der Waals surface area contributed by atoms with E-state index in [2.05, 4.69) is 34.9 Å². The molecule has 1 aliphatic carbocycles. The predicted molar refractivity (Wildman–Crippen MR) is 133 cm³/mol. The third-order valence-corrected chi connectivity index (χ3v) is 7.82. The lowest BCUT2D eigenvalue weighted by Gasteiger charge is -2.26. The van der Waals surface area contributed by atoms with Gasteiger partial charge in [-0.2, -0.15) is 0 Å². The lowest BCUT2D eigenvalue weighted by atomic mass is 9.86. The fourth-order valence-corrected chi connectivity index (χ4v) is 5.81. The zero-order valence-electron chi connectivity index (χ0n) is 20.4. The Balaban J connectivity index is 1.38. The molecule has 0 spiro atoms. The molecule has 0 unspecified atom stereocenters. The van der Waals surface area contributed by atoms with E-state index >= 15 is 0 Å². The molecule has 1 aromatic carbocycles. The second kappa shape index (κ2) is 11.6. The van der Waals surface area contributed by atoms with Crippen LogP contribution in [-0.4, -0.2) is 53.1 Å². The number of hydrogen-bond acceptors (Lipinski definition) is 4. The number of fused-ring (bicyclic) bond motifs is 3. The van der Waals surface area contributed by atoms with Gasteiger partial charge >= 0.3 is 0 Å². The van der Waals surface area contributed by atoms with Gasteiger partial charge in [-0.15, -0.1) is 11.8 Å². The maximum absolute atomic E-state index is 10.7. The van der Waals surface area contributed by atoms with Crippen molar-refractivity contribution in [3.8, 4) is 17.6 Å². The topological polar surface area (TPSA) is 52.9 Å². The standard InChI is InChI=1S/C29H41NO3/c1-3-4-11-21(2)25(31)16-15-23-26(32)20-27-28(23)24-14-10-13-22(29(24)33-27)12-6-9-19-30-17-7-5-8-18-30/h10,13-16,21,23,25-28,31-32H,5-9,11-12,17-20H2,1-2H3/b16-15+/t21-,23+,25+,26-,27+,28+/m1/s1. The molecule has 6 atom stereocenters. The maximum atomic E-state index is 10.7. The minimum Gasteiger partial charge on any atom is -0.489 e. The van der Waals surface area contributed by atoms with Gasteiger partial charge in [0.1, 0.15) is 11.9 Å². The number of piperidine rings is 1. The molecule has 1 saturated carbocycles. The number of benzene rings is 1. The van der Waals surface area contributed by atoms with E-state index in [1.807, 2.05) is 26.0 Å². The van der Waals surface area contributed by atoms with Crippen LogP contribution in [0.4, 0.5) is 0 Å². The van der Waals surface area contributed by atoms with E-state index in [0.29, 0.717) is 12.8 Å². The number of rotatable bonds is 9. The van der Waals surface area contributed by atoms with E-state index in [1.165, 1.54) is 62.9 Å². The Labute approximate surface area is 200 Å². The van der Waals surface area contributed by atoms with Crippen molar-refractivity contribution in [3.63, 3.8) is 0 Å². The summed E-state index contributed by atoms with van der Waals surface area (Å²) in [7, 11) is 0. The van der Waals surface area contributed by atoms with Crippen LogP contribution in [0.5, 0.6) is 5.75 Å². The highest BCUT2D eigenvalue weighted by Gasteiger charge is 2.48. The third kappa shape index (κ3) is 5.83. The molecule has 0 radical (unpaired) electrons. The Kier molecular flexibility index (Phi) is 8.52. The summed E-state index contributed by atoms with van der Waals surface area (Å²) in [6.07, 6.45) is 11.8. The van der Waals surface area contributed by atoms with Gasteiger partial charge in [-0.25, -0.2) is 0 Å². The second-order valence-electron chi connectivity index (χ2n) is 10.2. The summed E-state index contributed by atoms with van der Waals surface area (Å²) in [5.74, 6) is 7.22. The van der Waals surface area contributed by atoms with Crippen LogP contribution >= 0.6 is 0 Å². The molecule has 180 valence electrons. The molecule has 2 aliphatic heterocycles. The molecule has 2 fully saturated rings. The fraction of sp³-hybridized carbons (Fsp3) is 0.655. The van der Waals surface area contributed by atoms with Gasteiger partial charge in [-0.1, -0.05) is 43.7 Å². The summed E-state index contributed by atoms with van der Waals surface area (Å²) in [5, 5.41) is 21.3. The first-order valence-electron chi connectivity index (χ1n) is 13.0. The number of aryl methyl sites for hydroxylation is 1. The highest BCUT2D eigenvalue weighted by atomic mass is 16.5. The Morgan fingerprint density at radius 1 is 1.21 bits per heavy atom. The van der Waals surface area contributed by atoms with Crippen molar-refractivity contribution < 1.29 is 14.9 Å². The molecule has 3 aliphatic rings. The van der Waals surface area contributed by atoms with Gasteiger partial charge in [0, 0.05) is 30.2 Å². The zero-order valence-corrected chi connectivity index (χ0v) is 20.4. The smallest absolute Gasteiger partial charge is 0.126 e. The molecule has 4 nitrogen and oxygen atoms in total. The van der Waals surface area contributed by atoms with Gasteiger partial charge < -0.3 is 19.8 Å². The molecule has 0 amide bonds. The summed E-state index contributed by atoms with van der Waals surface area (Å²) in [6, 6.07) is 6.53. The van der Waals surface area contributed by atoms with Crippen molar-refractivity contribution in [2.75, 3.05) is 19.6 Å². The number of likely N-dealkylation sites (tertiary alicyclic amines) is 1. The molecule has 1 saturated heterocycles. The lowest BCUT2D eigenvalue weighted by molar-refractivity contribution is 0.134. The minimum absolute atomic E-state index is 0.0234. The third-order valence-electron chi connectivity index (χ3n) is 7.82. The number of hydrogen-bond donors (Lipinski definition) is 2. The summed E-state index contributed by atoms with van der Waals surface area (Å²) < 4.78 is 6.43. The van der Waals surface area contributed by atoms with E-state index < -0.39 is 12.2 Å². The van der Waals surface area contributed by atoms with E-state index in [1.54, 1.807) is 0 Å². The molecular formula is C29H41NO3. The van der Waals surface area contributed by atoms with E-state index in [-0.39, 0.29) is 23.9 Å². The van der Waals surface area contributed by atoms with Crippen LogP contribution in [0.25, 0.3) is 0 Å². The summed E-state index contributed by atoms with van der Waals surface area (Å²) >= 11 is 0. The van der Waals surface area contributed by atoms with Gasteiger partial charge in [0.25, 0.3) is 0 Å². The van der Waals surface area contributed by atoms with Crippen LogP contribution in [0.2, 0.25) is 0 Å². The lowest BCUT2D eigenvalue weighted by Crippen LogP contribution is -2.30. The molecule has 0 aromatic heterocycles. The van der Waals surface area contributed by atoms with Gasteiger partial charge in [-0.3, -0.25) is 0 Å². The normalized spacial score (nSPS) is 28.6. The number of aliphatic hydroxyl groups is 2. The van der Waals surface area contributed by atoms with Crippen molar-refractivity contribution >= 4 is 0 Å². The highest BCUT2D eigenvalue weighted by molar-refractivity contribution is 5.49. The maximum Gasteiger partial charge on any atom is 0.126 e. The van der Waals surface area contributed by atoms with Crippen LogP contribution in [0.1, 0.15) is 75.8 Å². The predicted octanol–water partition coefficient (Wildman–Crippen LogP) is 4.69. The summed E-state index contributed by atoms with van der Waals surface area (Å²) in [5.41, 5.74) is 2.55. The number of unbranched alkanes of at least 4 members (excludes halogenated alkanes) is 1. The van der Waals surface area contributed by atoms with Crippen molar-refractivity contribution in [3.05, 3.63) is 41.5 Å². The summed E-state index contributed by atoms with van der Waals surface area (Å²) in [6.45, 7) is 7.59. The van der Waals surface area contributed by atoms with Crippen LogP contribution in [0, 0.1) is 23.7 Å². The Bertz CT molecular complexity index is 863. The van der Waals surface area contributed by atoms with Crippen molar-refractivity contribution in [2.24, 2.45) is 11.8 Å². The quantitative estimate of drug-likeness (QED) is 0.325. The summed E-state index contributed by atoms with van der Waals surface area (Å²) in [4.78, 5) is 2.61. The first-order chi connectivity index (χ1) is 16.1. The molecule has 2 N–H and O–H groups in total. The molecular weight excluding hydrogens is 410 g/mol. The highest BCUT2D eigenvalue weighted by Crippen LogP contribution is 2.52. The van der Waals surface area contributed by atoms with Crippen LogP contribution < -0.4 is 4.74 Å². The zero-order chi connectivity index (χ0) is 23.2. The fourth-order valence-electron chi connectivity index (χ4n) is 5.81. The molecule has 33 heavy (non-hydrogen) atoms. The number of para-hydroxylation sites is 1. The average Bonchev–Trinajstić information content (AvgIpc) is 3.34. The van der Waals surface area contributed by atoms with Crippen LogP contribution in [0.15, 0.2) is 30.4 Å². The second-order valence-corrected chi connectivity index (χ2v) is 10.2. The van der Waals surface area contributed by atoms with Gasteiger partial charge in [-0.05, 0) is 70.1 Å². The average molecular weight is 452 g/mol.